The summed E-state index contributed by atoms with van der Waals surface area (Å²) in [6, 6.07) is 10.9. The summed E-state index contributed by atoms with van der Waals surface area (Å²) in [5.41, 5.74) is 0.986. The standard InChI is InChI=1S/C33H39F3N2O5/c1-21-27-10-9-26(41-25-13-17-37(18-14-25)24-7-5-23(6-8-24)33(34,35)36)20-29(27)42-30(21)28(39)19-22-11-15-38(16-12-22)31(40)43-32(2,3)4/h5-10,20,22,25H,11-19H2,1-4H3. The van der Waals surface area contributed by atoms with Gasteiger partial charge in [0.1, 0.15) is 23.0 Å². The van der Waals surface area contributed by atoms with Gasteiger partial charge < -0.3 is 23.7 Å². The number of piperidine rings is 2. The molecule has 10 heteroatoms. The average molecular weight is 601 g/mol. The van der Waals surface area contributed by atoms with Crippen molar-refractivity contribution in [1.29, 1.82) is 0 Å². The van der Waals surface area contributed by atoms with Gasteiger partial charge in [-0.25, -0.2) is 4.79 Å². The molecule has 2 saturated heterocycles. The number of carbonyl (C=O) groups is 2. The Morgan fingerprint density at radius 1 is 0.930 bits per heavy atom. The van der Waals surface area contributed by atoms with Crippen LogP contribution in [0, 0.1) is 12.8 Å². The zero-order valence-corrected chi connectivity index (χ0v) is 25.1. The van der Waals surface area contributed by atoms with E-state index in [-0.39, 0.29) is 23.9 Å². The number of amides is 1. The maximum atomic E-state index is 13.2. The number of benzene rings is 2. The molecule has 0 atom stereocenters. The highest BCUT2D eigenvalue weighted by molar-refractivity contribution is 6.00. The molecule has 2 aliphatic heterocycles. The van der Waals surface area contributed by atoms with Crippen molar-refractivity contribution in [3.05, 3.63) is 59.4 Å². The first-order chi connectivity index (χ1) is 20.3. The van der Waals surface area contributed by atoms with Crippen molar-refractivity contribution in [3.8, 4) is 5.75 Å². The minimum absolute atomic E-state index is 0.0353. The van der Waals surface area contributed by atoms with Gasteiger partial charge in [-0.3, -0.25) is 4.79 Å². The predicted molar refractivity (Wildman–Crippen MR) is 158 cm³/mol. The van der Waals surface area contributed by atoms with Crippen LogP contribution in [-0.4, -0.2) is 54.7 Å². The number of Topliss-reactive ketones (excluding diaryl/α,β-unsaturated/α-hetero) is 1. The van der Waals surface area contributed by atoms with E-state index in [0.717, 1.165) is 54.5 Å². The summed E-state index contributed by atoms with van der Waals surface area (Å²) < 4.78 is 56.4. The second-order valence-corrected chi connectivity index (χ2v) is 12.6. The molecule has 0 bridgehead atoms. The van der Waals surface area contributed by atoms with Crippen LogP contribution in [0.25, 0.3) is 11.0 Å². The molecule has 1 amide bonds. The molecular weight excluding hydrogens is 561 g/mol. The number of nitrogens with zero attached hydrogens (tertiary/aromatic N) is 2. The number of halogens is 3. The zero-order valence-electron chi connectivity index (χ0n) is 25.1. The fourth-order valence-corrected chi connectivity index (χ4v) is 5.83. The normalized spacial score (nSPS) is 17.4. The lowest BCUT2D eigenvalue weighted by Crippen LogP contribution is -2.42. The Kier molecular flexibility index (Phi) is 8.68. The number of ketones is 1. The Morgan fingerprint density at radius 2 is 1.58 bits per heavy atom. The van der Waals surface area contributed by atoms with Crippen LogP contribution in [-0.2, 0) is 10.9 Å². The molecule has 232 valence electrons. The van der Waals surface area contributed by atoms with Gasteiger partial charge in [0, 0.05) is 68.1 Å². The fourth-order valence-electron chi connectivity index (χ4n) is 5.83. The highest BCUT2D eigenvalue weighted by Gasteiger charge is 2.31. The first kappa shape index (κ1) is 30.8. The minimum atomic E-state index is -4.34. The molecule has 0 spiro atoms. The van der Waals surface area contributed by atoms with Gasteiger partial charge in [0.15, 0.2) is 11.5 Å². The van der Waals surface area contributed by atoms with Gasteiger partial charge in [-0.1, -0.05) is 0 Å². The van der Waals surface area contributed by atoms with E-state index in [9.17, 15) is 22.8 Å². The van der Waals surface area contributed by atoms with Crippen molar-refractivity contribution in [1.82, 2.24) is 4.90 Å². The molecule has 2 fully saturated rings. The highest BCUT2D eigenvalue weighted by Crippen LogP contribution is 2.34. The maximum absolute atomic E-state index is 13.2. The van der Waals surface area contributed by atoms with E-state index in [1.54, 1.807) is 4.90 Å². The van der Waals surface area contributed by atoms with Gasteiger partial charge in [0.05, 0.1) is 5.56 Å². The molecule has 2 aliphatic rings. The lowest BCUT2D eigenvalue weighted by Gasteiger charge is -2.33. The van der Waals surface area contributed by atoms with E-state index in [1.165, 1.54) is 12.1 Å². The molecule has 0 aliphatic carbocycles. The molecule has 0 N–H and O–H groups in total. The minimum Gasteiger partial charge on any atom is -0.490 e. The van der Waals surface area contributed by atoms with Crippen LogP contribution >= 0.6 is 0 Å². The van der Waals surface area contributed by atoms with E-state index in [2.05, 4.69) is 4.90 Å². The van der Waals surface area contributed by atoms with Gasteiger partial charge in [-0.2, -0.15) is 13.2 Å². The molecule has 1 aromatic heterocycles. The average Bonchev–Trinajstić information content (AvgIpc) is 3.28. The highest BCUT2D eigenvalue weighted by atomic mass is 19.4. The van der Waals surface area contributed by atoms with Crippen LogP contribution in [0.15, 0.2) is 46.9 Å². The van der Waals surface area contributed by atoms with E-state index >= 15 is 0 Å². The van der Waals surface area contributed by atoms with Crippen molar-refractivity contribution in [2.45, 2.75) is 77.7 Å². The number of hydrogen-bond donors (Lipinski definition) is 0. The zero-order chi connectivity index (χ0) is 30.9. The largest absolute Gasteiger partial charge is 0.490 e. The number of alkyl halides is 3. The predicted octanol–water partition coefficient (Wildman–Crippen LogP) is 8.03. The van der Waals surface area contributed by atoms with Gasteiger partial charge in [-0.15, -0.1) is 0 Å². The van der Waals surface area contributed by atoms with E-state index in [4.69, 9.17) is 13.9 Å². The van der Waals surface area contributed by atoms with Crippen LogP contribution in [0.2, 0.25) is 0 Å². The quantitative estimate of drug-likeness (QED) is 0.267. The summed E-state index contributed by atoms with van der Waals surface area (Å²) >= 11 is 0. The molecule has 0 radical (unpaired) electrons. The molecule has 2 aromatic carbocycles. The molecule has 43 heavy (non-hydrogen) atoms. The van der Waals surface area contributed by atoms with Crippen molar-refractivity contribution in [2.24, 2.45) is 5.92 Å². The van der Waals surface area contributed by atoms with Crippen molar-refractivity contribution in [3.63, 3.8) is 0 Å². The second kappa shape index (κ2) is 12.1. The number of hydrogen-bond acceptors (Lipinski definition) is 6. The Bertz CT molecular complexity index is 1440. The molecule has 0 saturated carbocycles. The summed E-state index contributed by atoms with van der Waals surface area (Å²) in [6.45, 7) is 9.91. The van der Waals surface area contributed by atoms with Gasteiger partial charge in [0.2, 0.25) is 0 Å². The van der Waals surface area contributed by atoms with Crippen molar-refractivity contribution < 1.29 is 36.7 Å². The molecule has 3 aromatic rings. The number of aryl methyl sites for hydroxylation is 1. The number of carbonyl (C=O) groups excluding carboxylic acids is 2. The van der Waals surface area contributed by atoms with Crippen molar-refractivity contribution >= 4 is 28.5 Å². The fraction of sp³-hybridized carbons (Fsp3) is 0.515. The maximum Gasteiger partial charge on any atom is 0.416 e. The number of likely N-dealkylation sites (tertiary alicyclic amines) is 1. The topological polar surface area (TPSA) is 72.2 Å². The monoisotopic (exact) mass is 600 g/mol. The van der Waals surface area contributed by atoms with Crippen LogP contribution in [0.1, 0.15) is 74.6 Å². The first-order valence-corrected chi connectivity index (χ1v) is 14.9. The third kappa shape index (κ3) is 7.46. The number of anilines is 1. The van der Waals surface area contributed by atoms with Gasteiger partial charge >= 0.3 is 12.3 Å². The Balaban J connectivity index is 1.14. The molecule has 7 nitrogen and oxygen atoms in total. The summed E-state index contributed by atoms with van der Waals surface area (Å²) in [5.74, 6) is 1.16. The van der Waals surface area contributed by atoms with Crippen LogP contribution < -0.4 is 9.64 Å². The van der Waals surface area contributed by atoms with E-state index in [0.29, 0.717) is 49.7 Å². The first-order valence-electron chi connectivity index (χ1n) is 14.9. The SMILES string of the molecule is Cc1c(C(=O)CC2CCN(C(=O)OC(C)(C)C)CC2)oc2cc(OC3CCN(c4ccc(C(F)(F)F)cc4)CC3)ccc12. The summed E-state index contributed by atoms with van der Waals surface area (Å²) in [7, 11) is 0. The Labute approximate surface area is 249 Å². The lowest BCUT2D eigenvalue weighted by molar-refractivity contribution is -0.137. The van der Waals surface area contributed by atoms with Gasteiger partial charge in [0.25, 0.3) is 0 Å². The Hall–Kier alpha value is -3.69. The second-order valence-electron chi connectivity index (χ2n) is 12.6. The lowest BCUT2D eigenvalue weighted by atomic mass is 9.90. The van der Waals surface area contributed by atoms with E-state index in [1.807, 2.05) is 45.9 Å². The molecular formula is C33H39F3N2O5. The number of furan rings is 1. The number of ether oxygens (including phenoxy) is 2. The third-order valence-corrected chi connectivity index (χ3v) is 8.21. The number of fused-ring (bicyclic) bond motifs is 1. The van der Waals surface area contributed by atoms with Crippen LogP contribution in [0.4, 0.5) is 23.7 Å². The smallest absolute Gasteiger partial charge is 0.416 e. The number of rotatable bonds is 6. The van der Waals surface area contributed by atoms with E-state index < -0.39 is 17.3 Å². The summed E-state index contributed by atoms with van der Waals surface area (Å²) in [4.78, 5) is 29.4. The molecule has 3 heterocycles. The summed E-state index contributed by atoms with van der Waals surface area (Å²) in [6.07, 6.45) is -1.40. The molecule has 5 rings (SSSR count). The van der Waals surface area contributed by atoms with Gasteiger partial charge in [-0.05, 0) is 82.9 Å². The molecule has 0 unspecified atom stereocenters. The van der Waals surface area contributed by atoms with Crippen molar-refractivity contribution in [2.75, 3.05) is 31.1 Å². The summed E-state index contributed by atoms with van der Waals surface area (Å²) in [5, 5.41) is 0.868. The Morgan fingerprint density at radius 3 is 2.19 bits per heavy atom. The van der Waals surface area contributed by atoms with Crippen LogP contribution in [0.5, 0.6) is 5.75 Å². The van der Waals surface area contributed by atoms with Crippen LogP contribution in [0.3, 0.4) is 0 Å². The third-order valence-electron chi connectivity index (χ3n) is 8.21.